The van der Waals surface area contributed by atoms with Crippen molar-refractivity contribution in [3.63, 3.8) is 0 Å². The fourth-order valence-corrected chi connectivity index (χ4v) is 54.4. The van der Waals surface area contributed by atoms with Gasteiger partial charge in [0.05, 0.1) is 72.7 Å². The van der Waals surface area contributed by atoms with Crippen LogP contribution in [0.2, 0.25) is 177 Å². The van der Waals surface area contributed by atoms with Crippen molar-refractivity contribution in [3.05, 3.63) is 55.6 Å². The van der Waals surface area contributed by atoms with E-state index in [0.717, 1.165) is 0 Å². The summed E-state index contributed by atoms with van der Waals surface area (Å²) in [5.74, 6) is 0. The van der Waals surface area contributed by atoms with Gasteiger partial charge in [-0.25, -0.2) is 0 Å². The maximum atomic E-state index is 2.76. The van der Waals surface area contributed by atoms with Gasteiger partial charge in [0.1, 0.15) is 8.07 Å². The molecule has 0 amide bonds. The van der Waals surface area contributed by atoms with Crippen LogP contribution in [0, 0.1) is 69.2 Å². The van der Waals surface area contributed by atoms with Gasteiger partial charge in [-0.2, -0.15) is 22.3 Å². The van der Waals surface area contributed by atoms with Crippen molar-refractivity contribution in [2.45, 2.75) is 246 Å². The van der Waals surface area contributed by atoms with Crippen LogP contribution >= 0.6 is 0 Å². The summed E-state index contributed by atoms with van der Waals surface area (Å²) in [6.07, 6.45) is 0. The molecular formula is C60H111Cl3Si10Ti. The molecule has 0 radical (unpaired) electrons. The predicted molar refractivity (Wildman–Crippen MR) is 360 cm³/mol. The minimum absolute atomic E-state index is 0. The van der Waals surface area contributed by atoms with Gasteiger partial charge in [0.25, 0.3) is 0 Å². The van der Waals surface area contributed by atoms with Gasteiger partial charge in [-0.3, -0.25) is 0 Å². The molecule has 74 heavy (non-hydrogen) atoms. The van der Waals surface area contributed by atoms with E-state index in [-0.39, 0.29) is 58.9 Å². The Morgan fingerprint density at radius 2 is 0.297 bits per heavy atom. The first-order chi connectivity index (χ1) is 30.7. The van der Waals surface area contributed by atoms with Gasteiger partial charge >= 0.3 is 21.7 Å². The summed E-state index contributed by atoms with van der Waals surface area (Å²) in [6, 6.07) is 0. The molecule has 0 aliphatic carbocycles. The first kappa shape index (κ1) is 74.8. The summed E-state index contributed by atoms with van der Waals surface area (Å²) in [7, 11) is -21.4. The Bertz CT molecular complexity index is 2480. The largest absolute Gasteiger partial charge is 4.00 e. The van der Waals surface area contributed by atoms with Crippen molar-refractivity contribution >= 4 is 148 Å². The molecule has 0 aliphatic heterocycles. The van der Waals surface area contributed by atoms with E-state index in [9.17, 15) is 0 Å². The Morgan fingerprint density at radius 1 is 0.189 bits per heavy atom. The van der Waals surface area contributed by atoms with Crippen molar-refractivity contribution in [2.24, 2.45) is 0 Å². The van der Waals surface area contributed by atoms with Crippen LogP contribution in [0.3, 0.4) is 0 Å². The number of benzene rings is 3. The fraction of sp³-hybridized carbons (Fsp3) is 0.617. The number of rotatable bonds is 13. The molecule has 0 heterocycles. The van der Waals surface area contributed by atoms with Gasteiger partial charge in [0.2, 0.25) is 0 Å². The molecule has 0 N–H and O–H groups in total. The number of hydrogen-bond acceptors (Lipinski definition) is 0. The second kappa shape index (κ2) is 23.2. The quantitative estimate of drug-likeness (QED) is 0.109. The molecule has 0 aliphatic rings. The molecule has 14 heteroatoms. The van der Waals surface area contributed by atoms with Crippen molar-refractivity contribution in [2.75, 3.05) is 0 Å². The maximum Gasteiger partial charge on any atom is 4.00 e. The maximum absolute atomic E-state index is 3.45. The van der Waals surface area contributed by atoms with Crippen molar-refractivity contribution in [1.29, 1.82) is 0 Å². The van der Waals surface area contributed by atoms with Crippen molar-refractivity contribution < 1.29 is 58.9 Å². The summed E-state index contributed by atoms with van der Waals surface area (Å²) in [6.45, 7) is 100. The summed E-state index contributed by atoms with van der Waals surface area (Å²) in [5, 5.41) is 23.9. The Kier molecular flexibility index (Phi) is 23.4. The zero-order valence-electron chi connectivity index (χ0n) is 55.1. The third kappa shape index (κ3) is 12.9. The first-order valence-corrected chi connectivity index (χ1v) is 61.0. The van der Waals surface area contributed by atoms with Crippen LogP contribution in [-0.4, -0.2) is 80.7 Å². The third-order valence-electron chi connectivity index (χ3n) is 16.7. The average molecular weight is 1270 g/mol. The van der Waals surface area contributed by atoms with Crippen LogP contribution in [0.15, 0.2) is 0 Å². The van der Waals surface area contributed by atoms with Crippen molar-refractivity contribution in [3.8, 4) is 0 Å². The van der Waals surface area contributed by atoms with E-state index in [2.05, 4.69) is 246 Å². The van der Waals surface area contributed by atoms with Crippen LogP contribution < -0.4 is 105 Å². The van der Waals surface area contributed by atoms with E-state index in [1.165, 1.54) is 0 Å². The summed E-state index contributed by atoms with van der Waals surface area (Å²) in [5.41, 5.74) is 16.6. The van der Waals surface area contributed by atoms with E-state index in [1.807, 2.05) is 62.2 Å². The van der Waals surface area contributed by atoms with Crippen LogP contribution in [0.1, 0.15) is 55.6 Å². The van der Waals surface area contributed by atoms with Crippen LogP contribution in [0.4, 0.5) is 0 Å². The Balaban J connectivity index is 0.0000133. The number of halogens is 3. The minimum atomic E-state index is -3.45. The zero-order valence-corrected chi connectivity index (χ0v) is 69.0. The molecule has 0 fully saturated rings. The molecular weight excluding hydrogens is 1160 g/mol. The number of hydrogen-bond donors (Lipinski definition) is 0. The molecule has 0 saturated carbocycles. The standard InChI is InChI=1S/C60H111Si10.3ClH.Ti/c1-38-39(2)41(4)48(40(38)3)70(58-45(8)52(64(20,21)22)49(61(11,12)13)42(5)55(58)67(29,30)31,59-46(9)53(65(23,24)25)50(62(14,15)16)43(6)56(59)68(32,33)34)60-47(10)54(66(26,27)28)51(63(17,18)19)44(7)57(60)69(35,36)37;;;;/h1-37H3;3*1H;/q-1;;;;+4/p-3. The van der Waals surface area contributed by atoms with E-state index >= 15 is 0 Å². The second-order valence-electron chi connectivity index (χ2n) is 32.1. The smallest absolute Gasteiger partial charge is 1.00 e. The van der Waals surface area contributed by atoms with Gasteiger partial charge in [0.15, 0.2) is 0 Å². The van der Waals surface area contributed by atoms with Gasteiger partial charge < -0.3 is 37.2 Å². The monoisotopic (exact) mass is 1260 g/mol. The zero-order chi connectivity index (χ0) is 55.3. The SMILES string of the molecule is Cc1c([Si](C)(C)C)c([Si](C)(C)C)c(C)c([Si](c2c(C)c([Si](C)(C)C)c([Si](C)(C)C)c(C)c2[Si](C)(C)C)(c2c(C)c([Si](C)(C)C)c([Si](C)(C)C)c(C)c2[Si](C)(C)C)[c-]2c(C)c(C)c(C)c2C)c1[Si](C)(C)C.[Cl-].[Cl-].[Cl-].[Ti+4]. The molecule has 0 aromatic heterocycles. The topological polar surface area (TPSA) is 0 Å². The van der Waals surface area contributed by atoms with Gasteiger partial charge in [-0.05, 0) is 41.5 Å². The van der Waals surface area contributed by atoms with E-state index in [4.69, 9.17) is 0 Å². The summed E-state index contributed by atoms with van der Waals surface area (Å²) < 4.78 is 0. The van der Waals surface area contributed by atoms with E-state index in [1.54, 1.807) is 60.8 Å². The molecule has 4 aromatic rings. The Labute approximate surface area is 503 Å². The van der Waals surface area contributed by atoms with Crippen LogP contribution in [-0.2, 0) is 21.7 Å². The second-order valence-corrected chi connectivity index (χ2v) is 80.6. The van der Waals surface area contributed by atoms with Crippen molar-refractivity contribution in [1.82, 2.24) is 0 Å². The first-order valence-electron chi connectivity index (χ1n) is 27.5. The van der Waals surface area contributed by atoms with Gasteiger partial charge in [-0.1, -0.05) is 300 Å². The Morgan fingerprint density at radius 3 is 0.419 bits per heavy atom. The van der Waals surface area contributed by atoms with E-state index < -0.39 is 80.7 Å². The van der Waals surface area contributed by atoms with Gasteiger partial charge in [0, 0.05) is 0 Å². The summed E-state index contributed by atoms with van der Waals surface area (Å²) >= 11 is 0. The molecule has 4 rings (SSSR count). The van der Waals surface area contributed by atoms with Crippen LogP contribution in [0.5, 0.6) is 0 Å². The van der Waals surface area contributed by atoms with Gasteiger partial charge in [-0.15, -0.1) is 5.19 Å². The molecule has 0 unspecified atom stereocenters. The molecule has 4 aromatic carbocycles. The Hall–Kier alpha value is 0.763. The molecule has 0 bridgehead atoms. The van der Waals surface area contributed by atoms with Crippen LogP contribution in [0.25, 0.3) is 0 Å². The third-order valence-corrected chi connectivity index (χ3v) is 42.9. The molecule has 0 spiro atoms. The molecule has 0 atom stereocenters. The minimum Gasteiger partial charge on any atom is -1.00 e. The molecule has 0 saturated heterocycles. The summed E-state index contributed by atoms with van der Waals surface area (Å²) in [4.78, 5) is 0. The predicted octanol–water partition coefficient (Wildman–Crippen LogP) is 1.78. The van der Waals surface area contributed by atoms with E-state index in [0.29, 0.717) is 0 Å². The molecule has 0 nitrogen and oxygen atoms in total. The fourth-order valence-electron chi connectivity index (χ4n) is 15.4. The molecule has 416 valence electrons. The normalized spacial score (nSPS) is 13.6. The average Bonchev–Trinajstić information content (AvgIpc) is 3.28.